The summed E-state index contributed by atoms with van der Waals surface area (Å²) in [6, 6.07) is 1.32. The number of aromatic carboxylic acids is 1. The Morgan fingerprint density at radius 3 is 2.62 bits per heavy atom. The number of nitrogens with two attached hydrogens (primary N) is 1. The van der Waals surface area contributed by atoms with Crippen LogP contribution in [0.1, 0.15) is 42.1 Å². The smallest absolute Gasteiger partial charge is 0.341 e. The van der Waals surface area contributed by atoms with Crippen molar-refractivity contribution in [2.45, 2.75) is 31.7 Å². The van der Waals surface area contributed by atoms with Gasteiger partial charge in [0.15, 0.2) is 0 Å². The molecule has 0 aliphatic heterocycles. The number of aromatic nitrogens is 1. The summed E-state index contributed by atoms with van der Waals surface area (Å²) in [6.07, 6.45) is 5.54. The SMILES string of the molecule is Nc1cc(C(=O)O)c(=O)n(C2CCCC2)c1. The lowest BCUT2D eigenvalue weighted by Gasteiger charge is -2.14. The van der Waals surface area contributed by atoms with Crippen LogP contribution in [0.25, 0.3) is 0 Å². The number of anilines is 1. The molecule has 5 nitrogen and oxygen atoms in total. The molecule has 0 bridgehead atoms. The van der Waals surface area contributed by atoms with Crippen molar-refractivity contribution in [3.05, 3.63) is 28.2 Å². The van der Waals surface area contributed by atoms with Gasteiger partial charge in [0, 0.05) is 17.9 Å². The van der Waals surface area contributed by atoms with E-state index in [0.29, 0.717) is 5.69 Å². The Bertz CT molecular complexity index is 473. The van der Waals surface area contributed by atoms with Crippen LogP contribution in [0.4, 0.5) is 5.69 Å². The Morgan fingerprint density at radius 1 is 1.44 bits per heavy atom. The molecule has 1 heterocycles. The maximum Gasteiger partial charge on any atom is 0.341 e. The molecule has 0 radical (unpaired) electrons. The first-order valence-electron chi connectivity index (χ1n) is 5.34. The average Bonchev–Trinajstić information content (AvgIpc) is 2.73. The Kier molecular flexibility index (Phi) is 2.68. The van der Waals surface area contributed by atoms with Crippen LogP contribution in [0, 0.1) is 0 Å². The van der Waals surface area contributed by atoms with Crippen molar-refractivity contribution in [2.24, 2.45) is 0 Å². The van der Waals surface area contributed by atoms with E-state index in [1.165, 1.54) is 10.6 Å². The molecule has 1 fully saturated rings. The molecule has 16 heavy (non-hydrogen) atoms. The third-order valence-corrected chi connectivity index (χ3v) is 3.01. The molecule has 0 saturated heterocycles. The maximum atomic E-state index is 11.9. The average molecular weight is 222 g/mol. The zero-order valence-electron chi connectivity index (χ0n) is 8.85. The fourth-order valence-corrected chi connectivity index (χ4v) is 2.23. The highest BCUT2D eigenvalue weighted by atomic mass is 16.4. The van der Waals surface area contributed by atoms with E-state index in [-0.39, 0.29) is 11.6 Å². The zero-order chi connectivity index (χ0) is 11.7. The highest BCUT2D eigenvalue weighted by Gasteiger charge is 2.21. The van der Waals surface area contributed by atoms with E-state index in [0.717, 1.165) is 25.7 Å². The summed E-state index contributed by atoms with van der Waals surface area (Å²) < 4.78 is 1.48. The van der Waals surface area contributed by atoms with E-state index in [1.807, 2.05) is 0 Å². The van der Waals surface area contributed by atoms with Crippen molar-refractivity contribution in [3.63, 3.8) is 0 Å². The first-order chi connectivity index (χ1) is 7.59. The van der Waals surface area contributed by atoms with Gasteiger partial charge in [-0.2, -0.15) is 0 Å². The predicted octanol–water partition coefficient (Wildman–Crippen LogP) is 1.24. The molecule has 1 saturated carbocycles. The van der Waals surface area contributed by atoms with Gasteiger partial charge in [0.05, 0.1) is 0 Å². The quantitative estimate of drug-likeness (QED) is 0.788. The number of nitrogens with zero attached hydrogens (tertiary/aromatic N) is 1. The highest BCUT2D eigenvalue weighted by Crippen LogP contribution is 2.28. The van der Waals surface area contributed by atoms with Crippen molar-refractivity contribution in [2.75, 3.05) is 5.73 Å². The Labute approximate surface area is 92.5 Å². The van der Waals surface area contributed by atoms with Crippen molar-refractivity contribution in [1.82, 2.24) is 4.57 Å². The van der Waals surface area contributed by atoms with Crippen molar-refractivity contribution in [3.8, 4) is 0 Å². The van der Waals surface area contributed by atoms with Crippen molar-refractivity contribution >= 4 is 11.7 Å². The third-order valence-electron chi connectivity index (χ3n) is 3.01. The number of hydrogen-bond acceptors (Lipinski definition) is 3. The van der Waals surface area contributed by atoms with Crippen LogP contribution in [0.3, 0.4) is 0 Å². The Morgan fingerprint density at radius 2 is 2.06 bits per heavy atom. The lowest BCUT2D eigenvalue weighted by molar-refractivity contribution is 0.0694. The van der Waals surface area contributed by atoms with Gasteiger partial charge in [-0.1, -0.05) is 12.8 Å². The van der Waals surface area contributed by atoms with E-state index in [1.54, 1.807) is 6.20 Å². The lowest BCUT2D eigenvalue weighted by Crippen LogP contribution is -2.28. The molecular weight excluding hydrogens is 208 g/mol. The van der Waals surface area contributed by atoms with Crippen LogP contribution in [0.2, 0.25) is 0 Å². The molecule has 0 unspecified atom stereocenters. The summed E-state index contributed by atoms with van der Waals surface area (Å²) >= 11 is 0. The zero-order valence-corrected chi connectivity index (χ0v) is 8.85. The summed E-state index contributed by atoms with van der Waals surface area (Å²) in [7, 11) is 0. The second-order valence-electron chi connectivity index (χ2n) is 4.14. The van der Waals surface area contributed by atoms with Crippen LogP contribution >= 0.6 is 0 Å². The topological polar surface area (TPSA) is 85.3 Å². The van der Waals surface area contributed by atoms with Crippen LogP contribution in [0.15, 0.2) is 17.1 Å². The minimum absolute atomic E-state index is 0.106. The third kappa shape index (κ3) is 1.80. The van der Waals surface area contributed by atoms with Crippen LogP contribution in [-0.2, 0) is 0 Å². The van der Waals surface area contributed by atoms with Gasteiger partial charge in [0.2, 0.25) is 0 Å². The Hall–Kier alpha value is -1.78. The van der Waals surface area contributed by atoms with Crippen LogP contribution in [-0.4, -0.2) is 15.6 Å². The summed E-state index contributed by atoms with van der Waals surface area (Å²) in [6.45, 7) is 0. The molecule has 0 atom stereocenters. The number of hydrogen-bond donors (Lipinski definition) is 2. The minimum Gasteiger partial charge on any atom is -0.477 e. The van der Waals surface area contributed by atoms with E-state index >= 15 is 0 Å². The molecule has 1 aliphatic carbocycles. The summed E-state index contributed by atoms with van der Waals surface area (Å²) in [5.74, 6) is -1.22. The molecule has 2 rings (SSSR count). The normalized spacial score (nSPS) is 16.5. The molecule has 0 aromatic carbocycles. The van der Waals surface area contributed by atoms with Gasteiger partial charge in [-0.05, 0) is 18.9 Å². The van der Waals surface area contributed by atoms with Gasteiger partial charge in [-0.15, -0.1) is 0 Å². The standard InChI is InChI=1S/C11H14N2O3/c12-7-5-9(11(15)16)10(14)13(6-7)8-3-1-2-4-8/h5-6,8H,1-4,12H2,(H,15,16). The number of carbonyl (C=O) groups is 1. The van der Waals surface area contributed by atoms with E-state index in [4.69, 9.17) is 10.8 Å². The molecule has 0 spiro atoms. The number of nitrogen functional groups attached to an aromatic ring is 1. The highest BCUT2D eigenvalue weighted by molar-refractivity contribution is 5.88. The number of rotatable bonds is 2. The number of carboxylic acids is 1. The first kappa shape index (κ1) is 10.7. The van der Waals surface area contributed by atoms with Crippen LogP contribution in [0.5, 0.6) is 0 Å². The van der Waals surface area contributed by atoms with Gasteiger partial charge < -0.3 is 15.4 Å². The monoisotopic (exact) mass is 222 g/mol. The largest absolute Gasteiger partial charge is 0.477 e. The molecule has 1 aromatic rings. The predicted molar refractivity (Wildman–Crippen MR) is 59.6 cm³/mol. The fraction of sp³-hybridized carbons (Fsp3) is 0.455. The second-order valence-corrected chi connectivity index (χ2v) is 4.14. The van der Waals surface area contributed by atoms with E-state index in [9.17, 15) is 9.59 Å². The lowest BCUT2D eigenvalue weighted by atomic mass is 10.2. The molecule has 1 aromatic heterocycles. The Balaban J connectivity index is 2.52. The first-order valence-corrected chi connectivity index (χ1v) is 5.34. The summed E-state index contributed by atoms with van der Waals surface area (Å²) in [4.78, 5) is 22.7. The van der Waals surface area contributed by atoms with Crippen molar-refractivity contribution in [1.29, 1.82) is 0 Å². The van der Waals surface area contributed by atoms with E-state index in [2.05, 4.69) is 0 Å². The molecule has 1 aliphatic rings. The van der Waals surface area contributed by atoms with Gasteiger partial charge in [-0.3, -0.25) is 4.79 Å². The molecule has 0 amide bonds. The number of carboxylic acid groups (broad SMARTS) is 1. The molecule has 3 N–H and O–H groups in total. The minimum atomic E-state index is -1.22. The fourth-order valence-electron chi connectivity index (χ4n) is 2.23. The van der Waals surface area contributed by atoms with E-state index < -0.39 is 11.5 Å². The van der Waals surface area contributed by atoms with Gasteiger partial charge in [-0.25, -0.2) is 4.79 Å². The molecule has 5 heteroatoms. The molecule has 86 valence electrons. The van der Waals surface area contributed by atoms with Crippen LogP contribution < -0.4 is 11.3 Å². The summed E-state index contributed by atoms with van der Waals surface area (Å²) in [5.41, 5.74) is 5.24. The van der Waals surface area contributed by atoms with Crippen molar-refractivity contribution < 1.29 is 9.90 Å². The van der Waals surface area contributed by atoms with Gasteiger partial charge in [0.25, 0.3) is 5.56 Å². The second kappa shape index (κ2) is 4.00. The maximum absolute atomic E-state index is 11.9. The van der Waals surface area contributed by atoms with Gasteiger partial charge in [0.1, 0.15) is 5.56 Å². The summed E-state index contributed by atoms with van der Waals surface area (Å²) in [5, 5.41) is 8.89. The number of pyridine rings is 1. The molecular formula is C11H14N2O3. The van der Waals surface area contributed by atoms with Gasteiger partial charge >= 0.3 is 5.97 Å².